The number of allylic oxidation sites excluding steroid dienone is 3. The van der Waals surface area contributed by atoms with Crippen molar-refractivity contribution in [3.63, 3.8) is 0 Å². The third-order valence-electron chi connectivity index (χ3n) is 2.21. The monoisotopic (exact) mass is 188 g/mol. The molecular formula is C13H16O. The molecular weight excluding hydrogens is 172 g/mol. The standard InChI is InChI=1S/C13H16O/c1-10(2)5-6-11-7-8-13(3,4)9-12(11)14/h7H,1,8-9H2,2-4H3. The Morgan fingerprint density at radius 3 is 2.71 bits per heavy atom. The second-order valence-corrected chi connectivity index (χ2v) is 4.62. The van der Waals surface area contributed by atoms with E-state index < -0.39 is 0 Å². The molecule has 0 aromatic carbocycles. The summed E-state index contributed by atoms with van der Waals surface area (Å²) in [6.45, 7) is 9.72. The molecule has 0 unspecified atom stereocenters. The van der Waals surface area contributed by atoms with E-state index in [1.54, 1.807) is 0 Å². The molecule has 14 heavy (non-hydrogen) atoms. The van der Waals surface area contributed by atoms with Crippen LogP contribution < -0.4 is 0 Å². The first-order valence-corrected chi connectivity index (χ1v) is 4.82. The van der Waals surface area contributed by atoms with Gasteiger partial charge in [0, 0.05) is 6.42 Å². The van der Waals surface area contributed by atoms with Crippen molar-refractivity contribution in [1.29, 1.82) is 0 Å². The molecule has 1 aliphatic carbocycles. The second-order valence-electron chi connectivity index (χ2n) is 4.62. The van der Waals surface area contributed by atoms with Gasteiger partial charge >= 0.3 is 0 Å². The maximum atomic E-state index is 11.6. The Bertz CT molecular complexity index is 358. The van der Waals surface area contributed by atoms with Crippen LogP contribution in [0, 0.1) is 17.3 Å². The third kappa shape index (κ3) is 2.88. The topological polar surface area (TPSA) is 17.1 Å². The normalized spacial score (nSPS) is 19.4. The van der Waals surface area contributed by atoms with Crippen LogP contribution in [0.1, 0.15) is 33.6 Å². The van der Waals surface area contributed by atoms with E-state index in [2.05, 4.69) is 32.3 Å². The predicted octanol–water partition coefficient (Wildman–Crippen LogP) is 2.88. The Kier molecular flexibility index (Phi) is 2.96. The van der Waals surface area contributed by atoms with E-state index in [1.807, 2.05) is 13.0 Å². The average molecular weight is 188 g/mol. The number of hydrogen-bond donors (Lipinski definition) is 0. The summed E-state index contributed by atoms with van der Waals surface area (Å²) < 4.78 is 0. The van der Waals surface area contributed by atoms with Gasteiger partial charge < -0.3 is 0 Å². The van der Waals surface area contributed by atoms with Gasteiger partial charge in [0.1, 0.15) is 0 Å². The van der Waals surface area contributed by atoms with Crippen molar-refractivity contribution in [2.75, 3.05) is 0 Å². The van der Waals surface area contributed by atoms with Crippen LogP contribution in [0.4, 0.5) is 0 Å². The number of carbonyl (C=O) groups is 1. The lowest BCUT2D eigenvalue weighted by atomic mass is 9.78. The Morgan fingerprint density at radius 1 is 1.57 bits per heavy atom. The molecule has 0 aliphatic heterocycles. The van der Waals surface area contributed by atoms with Crippen LogP contribution in [-0.4, -0.2) is 5.78 Å². The molecule has 0 spiro atoms. The van der Waals surface area contributed by atoms with Gasteiger partial charge in [-0.1, -0.05) is 38.3 Å². The Morgan fingerprint density at radius 2 is 2.21 bits per heavy atom. The van der Waals surface area contributed by atoms with Crippen LogP contribution in [0.5, 0.6) is 0 Å². The third-order valence-corrected chi connectivity index (χ3v) is 2.21. The molecule has 0 fully saturated rings. The molecule has 1 heteroatoms. The summed E-state index contributed by atoms with van der Waals surface area (Å²) in [6.07, 6.45) is 3.48. The van der Waals surface area contributed by atoms with Gasteiger partial charge in [0.2, 0.25) is 0 Å². The molecule has 1 rings (SSSR count). The van der Waals surface area contributed by atoms with E-state index >= 15 is 0 Å². The maximum absolute atomic E-state index is 11.6. The molecule has 0 aromatic heterocycles. The van der Waals surface area contributed by atoms with Crippen LogP contribution in [0.25, 0.3) is 0 Å². The van der Waals surface area contributed by atoms with Crippen LogP contribution in [0.2, 0.25) is 0 Å². The van der Waals surface area contributed by atoms with Crippen molar-refractivity contribution in [1.82, 2.24) is 0 Å². The van der Waals surface area contributed by atoms with Gasteiger partial charge in [-0.05, 0) is 24.3 Å². The lowest BCUT2D eigenvalue weighted by Gasteiger charge is -2.25. The maximum Gasteiger partial charge on any atom is 0.171 e. The molecule has 0 saturated carbocycles. The van der Waals surface area contributed by atoms with Gasteiger partial charge in [-0.3, -0.25) is 4.79 Å². The highest BCUT2D eigenvalue weighted by Gasteiger charge is 2.26. The quantitative estimate of drug-likeness (QED) is 0.534. The van der Waals surface area contributed by atoms with Crippen LogP contribution in [-0.2, 0) is 4.79 Å². The lowest BCUT2D eigenvalue weighted by Crippen LogP contribution is -2.21. The number of Topliss-reactive ketones (excluding diaryl/α,β-unsaturated/α-hetero) is 1. The SMILES string of the molecule is C=C(C)C#CC1=CCC(C)(C)CC1=O. The fourth-order valence-corrected chi connectivity index (χ4v) is 1.39. The molecule has 0 saturated heterocycles. The van der Waals surface area contributed by atoms with E-state index in [0.29, 0.717) is 12.0 Å². The Hall–Kier alpha value is -1.29. The molecule has 0 aromatic rings. The van der Waals surface area contributed by atoms with E-state index in [9.17, 15) is 4.79 Å². The molecule has 1 nitrogen and oxygen atoms in total. The summed E-state index contributed by atoms with van der Waals surface area (Å²) in [5.41, 5.74) is 1.56. The predicted molar refractivity (Wildman–Crippen MR) is 58.7 cm³/mol. The fourth-order valence-electron chi connectivity index (χ4n) is 1.39. The molecule has 0 heterocycles. The molecule has 0 amide bonds. The highest BCUT2D eigenvalue weighted by Crippen LogP contribution is 2.31. The molecule has 1 aliphatic rings. The van der Waals surface area contributed by atoms with Crippen molar-refractivity contribution in [3.05, 3.63) is 23.8 Å². The van der Waals surface area contributed by atoms with E-state index in [0.717, 1.165) is 12.0 Å². The zero-order valence-corrected chi connectivity index (χ0v) is 9.11. The fraction of sp³-hybridized carbons (Fsp3) is 0.462. The minimum Gasteiger partial charge on any atom is -0.293 e. The molecule has 0 N–H and O–H groups in total. The Labute approximate surface area is 85.9 Å². The van der Waals surface area contributed by atoms with Gasteiger partial charge in [0.25, 0.3) is 0 Å². The molecule has 0 atom stereocenters. The largest absolute Gasteiger partial charge is 0.293 e. The van der Waals surface area contributed by atoms with Crippen molar-refractivity contribution in [2.45, 2.75) is 33.6 Å². The lowest BCUT2D eigenvalue weighted by molar-refractivity contribution is -0.117. The van der Waals surface area contributed by atoms with Crippen LogP contribution in [0.15, 0.2) is 23.8 Å². The molecule has 0 bridgehead atoms. The highest BCUT2D eigenvalue weighted by molar-refractivity contribution is 6.00. The summed E-state index contributed by atoms with van der Waals surface area (Å²) in [4.78, 5) is 11.6. The number of ketones is 1. The zero-order chi connectivity index (χ0) is 10.8. The highest BCUT2D eigenvalue weighted by atomic mass is 16.1. The van der Waals surface area contributed by atoms with Crippen LogP contribution in [0.3, 0.4) is 0 Å². The molecule has 74 valence electrons. The summed E-state index contributed by atoms with van der Waals surface area (Å²) in [5.74, 6) is 5.87. The number of rotatable bonds is 0. The smallest absolute Gasteiger partial charge is 0.171 e. The van der Waals surface area contributed by atoms with Crippen LogP contribution >= 0.6 is 0 Å². The molecule has 0 radical (unpaired) electrons. The van der Waals surface area contributed by atoms with Gasteiger partial charge in [0.05, 0.1) is 5.57 Å². The first kappa shape index (κ1) is 10.8. The van der Waals surface area contributed by atoms with Crippen molar-refractivity contribution >= 4 is 5.78 Å². The van der Waals surface area contributed by atoms with Gasteiger partial charge in [0.15, 0.2) is 5.78 Å². The van der Waals surface area contributed by atoms with Gasteiger partial charge in [-0.25, -0.2) is 0 Å². The van der Waals surface area contributed by atoms with Crippen molar-refractivity contribution in [3.8, 4) is 11.8 Å². The van der Waals surface area contributed by atoms with Gasteiger partial charge in [-0.15, -0.1) is 0 Å². The minimum absolute atomic E-state index is 0.103. The van der Waals surface area contributed by atoms with Crippen molar-refractivity contribution in [2.24, 2.45) is 5.41 Å². The number of hydrogen-bond acceptors (Lipinski definition) is 1. The van der Waals surface area contributed by atoms with E-state index in [-0.39, 0.29) is 11.2 Å². The summed E-state index contributed by atoms with van der Waals surface area (Å²) >= 11 is 0. The summed E-state index contributed by atoms with van der Waals surface area (Å²) in [5, 5.41) is 0. The first-order chi connectivity index (χ1) is 6.41. The summed E-state index contributed by atoms with van der Waals surface area (Å²) in [7, 11) is 0. The minimum atomic E-state index is 0.103. The second kappa shape index (κ2) is 3.84. The first-order valence-electron chi connectivity index (χ1n) is 4.82. The van der Waals surface area contributed by atoms with E-state index in [4.69, 9.17) is 0 Å². The van der Waals surface area contributed by atoms with Gasteiger partial charge in [-0.2, -0.15) is 0 Å². The zero-order valence-electron chi connectivity index (χ0n) is 9.11. The van der Waals surface area contributed by atoms with Crippen molar-refractivity contribution < 1.29 is 4.79 Å². The Balaban J connectivity index is 2.85. The average Bonchev–Trinajstić information content (AvgIpc) is 2.00. The van der Waals surface area contributed by atoms with E-state index in [1.165, 1.54) is 0 Å². The summed E-state index contributed by atoms with van der Waals surface area (Å²) in [6, 6.07) is 0. The number of carbonyl (C=O) groups excluding carboxylic acids is 1.